The van der Waals surface area contributed by atoms with Crippen molar-refractivity contribution >= 4 is 17.7 Å². The first-order valence-corrected chi connectivity index (χ1v) is 6.95. The van der Waals surface area contributed by atoms with Crippen molar-refractivity contribution in [2.45, 2.75) is 12.3 Å². The van der Waals surface area contributed by atoms with Crippen LogP contribution >= 0.6 is 11.8 Å². The zero-order valence-corrected chi connectivity index (χ0v) is 11.6. The van der Waals surface area contributed by atoms with Crippen LogP contribution in [-0.4, -0.2) is 48.9 Å². The smallest absolute Gasteiger partial charge is 0.245 e. The molecule has 1 heterocycles. The van der Waals surface area contributed by atoms with Crippen molar-refractivity contribution < 1.29 is 14.3 Å². The van der Waals surface area contributed by atoms with Crippen LogP contribution in [0.4, 0.5) is 0 Å². The topological polar surface area (TPSA) is 65.7 Å². The van der Waals surface area contributed by atoms with E-state index in [2.05, 4.69) is 10.2 Å². The molecule has 2 N–H and O–H groups in total. The maximum Gasteiger partial charge on any atom is 0.245 e. The Bertz CT molecular complexity index is 366. The minimum Gasteiger partial charge on any atom is -0.464 e. The number of furan rings is 1. The Morgan fingerprint density at radius 1 is 1.44 bits per heavy atom. The lowest BCUT2D eigenvalue weighted by Crippen LogP contribution is -2.28. The van der Waals surface area contributed by atoms with E-state index in [0.29, 0.717) is 6.54 Å². The number of carbonyl (C=O) groups excluding carboxylic acids is 1. The number of carbonyl (C=O) groups is 1. The van der Waals surface area contributed by atoms with Crippen molar-refractivity contribution in [1.29, 1.82) is 0 Å². The molecule has 0 aliphatic carbocycles. The first-order chi connectivity index (χ1) is 8.61. The Hall–Kier alpha value is -0.980. The van der Waals surface area contributed by atoms with Crippen LogP contribution in [0, 0.1) is 0 Å². The van der Waals surface area contributed by atoms with Crippen LogP contribution in [0.1, 0.15) is 11.5 Å². The Morgan fingerprint density at radius 2 is 2.17 bits per heavy atom. The van der Waals surface area contributed by atoms with Crippen LogP contribution in [0.3, 0.4) is 0 Å². The third-order valence-corrected chi connectivity index (χ3v) is 3.13. The van der Waals surface area contributed by atoms with E-state index in [4.69, 9.17) is 9.52 Å². The lowest BCUT2D eigenvalue weighted by atomic mass is 10.4. The van der Waals surface area contributed by atoms with Crippen LogP contribution in [0.25, 0.3) is 0 Å². The number of hydrogen-bond acceptors (Lipinski definition) is 5. The molecule has 18 heavy (non-hydrogen) atoms. The molecule has 1 aromatic rings. The molecule has 0 spiro atoms. The monoisotopic (exact) mass is 272 g/mol. The second-order valence-electron chi connectivity index (χ2n) is 4.17. The number of hydrogen-bond donors (Lipinski definition) is 2. The van der Waals surface area contributed by atoms with Gasteiger partial charge in [0.2, 0.25) is 5.91 Å². The Labute approximate surface area is 112 Å². The average molecular weight is 272 g/mol. The third kappa shape index (κ3) is 6.09. The molecule has 102 valence electrons. The highest BCUT2D eigenvalue weighted by Crippen LogP contribution is 2.15. The van der Waals surface area contributed by atoms with Crippen molar-refractivity contribution in [2.75, 3.05) is 33.0 Å². The van der Waals surface area contributed by atoms with Gasteiger partial charge < -0.3 is 19.7 Å². The molecule has 0 unspecified atom stereocenters. The zero-order valence-electron chi connectivity index (χ0n) is 10.8. The molecular formula is C12H20N2O3S. The van der Waals surface area contributed by atoms with Gasteiger partial charge in [0.15, 0.2) is 0 Å². The number of aliphatic hydroxyl groups excluding tert-OH is 1. The van der Waals surface area contributed by atoms with E-state index in [1.165, 1.54) is 0 Å². The third-order valence-electron chi connectivity index (χ3n) is 2.15. The maximum atomic E-state index is 10.8. The largest absolute Gasteiger partial charge is 0.464 e. The van der Waals surface area contributed by atoms with Crippen LogP contribution < -0.4 is 5.32 Å². The second-order valence-corrected chi connectivity index (χ2v) is 5.27. The van der Waals surface area contributed by atoms with Gasteiger partial charge in [-0.1, -0.05) is 0 Å². The first kappa shape index (κ1) is 15.1. The standard InChI is InChI=1S/C12H20N2O3S/c1-14(2)7-10-3-4-11(17-10)9-18-6-5-13-12(16)8-15/h3-4,15H,5-9H2,1-2H3,(H,13,16). The van der Waals surface area contributed by atoms with E-state index in [1.807, 2.05) is 26.2 Å². The minimum absolute atomic E-state index is 0.332. The normalized spacial score (nSPS) is 10.9. The van der Waals surface area contributed by atoms with Gasteiger partial charge in [-0.3, -0.25) is 4.79 Å². The number of thioether (sulfide) groups is 1. The lowest BCUT2D eigenvalue weighted by Gasteiger charge is -2.05. The van der Waals surface area contributed by atoms with Gasteiger partial charge in [-0.05, 0) is 26.2 Å². The van der Waals surface area contributed by atoms with Crippen LogP contribution in [0.2, 0.25) is 0 Å². The van der Waals surface area contributed by atoms with E-state index in [0.717, 1.165) is 29.6 Å². The molecule has 0 fully saturated rings. The van der Waals surface area contributed by atoms with Gasteiger partial charge >= 0.3 is 0 Å². The summed E-state index contributed by atoms with van der Waals surface area (Å²) in [7, 11) is 4.00. The highest BCUT2D eigenvalue weighted by molar-refractivity contribution is 7.98. The Kier molecular flexibility index (Phi) is 6.85. The maximum absolute atomic E-state index is 10.8. The molecule has 1 aromatic heterocycles. The Balaban J connectivity index is 2.15. The summed E-state index contributed by atoms with van der Waals surface area (Å²) in [5, 5.41) is 11.1. The molecule has 0 saturated heterocycles. The van der Waals surface area contributed by atoms with E-state index in [-0.39, 0.29) is 5.91 Å². The van der Waals surface area contributed by atoms with Gasteiger partial charge in [0, 0.05) is 12.3 Å². The average Bonchev–Trinajstić information content (AvgIpc) is 2.75. The van der Waals surface area contributed by atoms with E-state index < -0.39 is 6.61 Å². The van der Waals surface area contributed by atoms with E-state index in [1.54, 1.807) is 11.8 Å². The molecule has 0 aliphatic heterocycles. The SMILES string of the molecule is CN(C)Cc1ccc(CSCCNC(=O)CO)o1. The fourth-order valence-electron chi connectivity index (χ4n) is 1.39. The van der Waals surface area contributed by atoms with Gasteiger partial charge in [-0.25, -0.2) is 0 Å². The summed E-state index contributed by atoms with van der Waals surface area (Å²) in [5.41, 5.74) is 0. The molecule has 5 nitrogen and oxygen atoms in total. The molecule has 0 saturated carbocycles. The van der Waals surface area contributed by atoms with Gasteiger partial charge in [-0.2, -0.15) is 11.8 Å². The molecule has 1 rings (SSSR count). The number of aliphatic hydroxyl groups is 1. The van der Waals surface area contributed by atoms with Crippen molar-refractivity contribution in [1.82, 2.24) is 10.2 Å². The highest BCUT2D eigenvalue weighted by Gasteiger charge is 2.03. The second kappa shape index (κ2) is 8.18. The molecule has 0 atom stereocenters. The molecule has 0 aliphatic rings. The van der Waals surface area contributed by atoms with Gasteiger partial charge in [0.25, 0.3) is 0 Å². The van der Waals surface area contributed by atoms with Gasteiger partial charge in [0.1, 0.15) is 18.1 Å². The van der Waals surface area contributed by atoms with Crippen molar-refractivity contribution in [2.24, 2.45) is 0 Å². The van der Waals surface area contributed by atoms with Gasteiger partial charge in [0.05, 0.1) is 12.3 Å². The number of nitrogens with zero attached hydrogens (tertiary/aromatic N) is 1. The predicted octanol–water partition coefficient (Wildman–Crippen LogP) is 0.683. The number of amides is 1. The molecule has 0 aromatic carbocycles. The summed E-state index contributed by atoms with van der Waals surface area (Å²) < 4.78 is 5.65. The van der Waals surface area contributed by atoms with Gasteiger partial charge in [-0.15, -0.1) is 0 Å². The van der Waals surface area contributed by atoms with E-state index >= 15 is 0 Å². The number of rotatable bonds is 8. The number of nitrogens with one attached hydrogen (secondary N) is 1. The first-order valence-electron chi connectivity index (χ1n) is 5.79. The van der Waals surface area contributed by atoms with Crippen LogP contribution in [-0.2, 0) is 17.1 Å². The molecular weight excluding hydrogens is 252 g/mol. The molecule has 1 amide bonds. The van der Waals surface area contributed by atoms with E-state index in [9.17, 15) is 4.79 Å². The summed E-state index contributed by atoms with van der Waals surface area (Å²) in [6.45, 7) is 0.920. The fourth-order valence-corrected chi connectivity index (χ4v) is 2.13. The molecule has 0 radical (unpaired) electrons. The lowest BCUT2D eigenvalue weighted by molar-refractivity contribution is -0.123. The molecule has 0 bridgehead atoms. The van der Waals surface area contributed by atoms with Crippen LogP contribution in [0.5, 0.6) is 0 Å². The van der Waals surface area contributed by atoms with Crippen molar-refractivity contribution in [3.05, 3.63) is 23.7 Å². The zero-order chi connectivity index (χ0) is 13.4. The van der Waals surface area contributed by atoms with Crippen molar-refractivity contribution in [3.8, 4) is 0 Å². The summed E-state index contributed by atoms with van der Waals surface area (Å²) in [5.74, 6) is 3.18. The quantitative estimate of drug-likeness (QED) is 0.681. The summed E-state index contributed by atoms with van der Waals surface area (Å²) in [6.07, 6.45) is 0. The Morgan fingerprint density at radius 3 is 2.83 bits per heavy atom. The van der Waals surface area contributed by atoms with Crippen molar-refractivity contribution in [3.63, 3.8) is 0 Å². The van der Waals surface area contributed by atoms with Crippen LogP contribution in [0.15, 0.2) is 16.5 Å². The fraction of sp³-hybridized carbons (Fsp3) is 0.583. The molecule has 6 heteroatoms. The minimum atomic E-state index is -0.448. The summed E-state index contributed by atoms with van der Waals surface area (Å²) >= 11 is 1.69. The summed E-state index contributed by atoms with van der Waals surface area (Å²) in [6, 6.07) is 3.97. The predicted molar refractivity (Wildman–Crippen MR) is 72.4 cm³/mol. The highest BCUT2D eigenvalue weighted by atomic mass is 32.2. The summed E-state index contributed by atoms with van der Waals surface area (Å²) in [4.78, 5) is 12.8.